The molecule has 2 aliphatic rings. The first kappa shape index (κ1) is 14.8. The average Bonchev–Trinajstić information content (AvgIpc) is 2.98. The highest BCUT2D eigenvalue weighted by Gasteiger charge is 2.23. The molecule has 2 rings (SSSR count). The van der Waals surface area contributed by atoms with E-state index in [4.69, 9.17) is 4.74 Å². The Kier molecular flexibility index (Phi) is 6.11. The molecule has 1 saturated heterocycles. The lowest BCUT2D eigenvalue weighted by Crippen LogP contribution is -2.37. The first-order valence-corrected chi connectivity index (χ1v) is 7.92. The highest BCUT2D eigenvalue weighted by molar-refractivity contribution is 5.77. The van der Waals surface area contributed by atoms with Gasteiger partial charge in [0.1, 0.15) is 6.61 Å². The van der Waals surface area contributed by atoms with Crippen LogP contribution in [0.4, 0.5) is 0 Å². The van der Waals surface area contributed by atoms with Crippen molar-refractivity contribution in [3.8, 4) is 0 Å². The lowest BCUT2D eigenvalue weighted by molar-refractivity contribution is -0.137. The number of rotatable bonds is 6. The smallest absolute Gasteiger partial charge is 0.248 e. The molecule has 1 saturated carbocycles. The van der Waals surface area contributed by atoms with Gasteiger partial charge in [0, 0.05) is 19.1 Å². The minimum absolute atomic E-state index is 0.184. The van der Waals surface area contributed by atoms with Gasteiger partial charge < -0.3 is 15.0 Å². The maximum atomic E-state index is 11.9. The average molecular weight is 268 g/mol. The van der Waals surface area contributed by atoms with Crippen LogP contribution in [-0.4, -0.2) is 49.2 Å². The first-order valence-electron chi connectivity index (χ1n) is 7.92. The van der Waals surface area contributed by atoms with Gasteiger partial charge in [-0.2, -0.15) is 0 Å². The van der Waals surface area contributed by atoms with E-state index >= 15 is 0 Å². The van der Waals surface area contributed by atoms with Gasteiger partial charge in [-0.05, 0) is 51.5 Å². The molecule has 0 spiro atoms. The fourth-order valence-electron chi connectivity index (χ4n) is 3.03. The van der Waals surface area contributed by atoms with Gasteiger partial charge in [-0.25, -0.2) is 0 Å². The van der Waals surface area contributed by atoms with Gasteiger partial charge in [0.05, 0.1) is 6.10 Å². The zero-order valence-electron chi connectivity index (χ0n) is 12.2. The molecule has 0 radical (unpaired) electrons. The molecule has 0 aromatic heterocycles. The van der Waals surface area contributed by atoms with E-state index in [1.165, 1.54) is 19.3 Å². The number of nitrogens with zero attached hydrogens (tertiary/aromatic N) is 1. The number of carbonyl (C=O) groups excluding carboxylic acids is 1. The number of hydrogen-bond donors (Lipinski definition) is 1. The van der Waals surface area contributed by atoms with Crippen molar-refractivity contribution in [1.29, 1.82) is 0 Å². The highest BCUT2D eigenvalue weighted by atomic mass is 16.5. The molecule has 0 aromatic carbocycles. The molecule has 2 fully saturated rings. The maximum absolute atomic E-state index is 11.9. The van der Waals surface area contributed by atoms with Crippen molar-refractivity contribution < 1.29 is 9.53 Å². The number of nitrogens with one attached hydrogen (secondary N) is 1. The van der Waals surface area contributed by atoms with E-state index in [2.05, 4.69) is 12.2 Å². The first-order chi connectivity index (χ1) is 9.29. The Labute approximate surface area is 116 Å². The minimum atomic E-state index is 0.184. The van der Waals surface area contributed by atoms with Crippen molar-refractivity contribution in [3.05, 3.63) is 0 Å². The van der Waals surface area contributed by atoms with Gasteiger partial charge in [-0.15, -0.1) is 0 Å². The van der Waals surface area contributed by atoms with Crippen molar-refractivity contribution >= 4 is 5.91 Å². The van der Waals surface area contributed by atoms with Crippen LogP contribution in [0.25, 0.3) is 0 Å². The maximum Gasteiger partial charge on any atom is 0.248 e. The zero-order chi connectivity index (χ0) is 13.5. The van der Waals surface area contributed by atoms with Crippen LogP contribution in [0.2, 0.25) is 0 Å². The van der Waals surface area contributed by atoms with Crippen LogP contribution < -0.4 is 5.32 Å². The fraction of sp³-hybridized carbons (Fsp3) is 0.933. The zero-order valence-corrected chi connectivity index (χ0v) is 12.2. The van der Waals surface area contributed by atoms with Gasteiger partial charge in [-0.3, -0.25) is 4.79 Å². The molecule has 0 atom stereocenters. The molecule has 110 valence electrons. The van der Waals surface area contributed by atoms with Crippen LogP contribution >= 0.6 is 0 Å². The molecule has 0 bridgehead atoms. The summed E-state index contributed by atoms with van der Waals surface area (Å²) in [5.74, 6) is 0.184. The number of carbonyl (C=O) groups is 1. The molecular weight excluding hydrogens is 240 g/mol. The molecular formula is C15H28N2O2. The molecule has 1 N–H and O–H groups in total. The summed E-state index contributed by atoms with van der Waals surface area (Å²) in [5.41, 5.74) is 0. The van der Waals surface area contributed by atoms with Crippen molar-refractivity contribution in [3.63, 3.8) is 0 Å². The third-order valence-corrected chi connectivity index (χ3v) is 4.26. The molecule has 0 aromatic rings. The lowest BCUT2D eigenvalue weighted by Gasteiger charge is -2.29. The van der Waals surface area contributed by atoms with Crippen LogP contribution in [0.1, 0.15) is 51.9 Å². The summed E-state index contributed by atoms with van der Waals surface area (Å²) in [5, 5.41) is 3.57. The minimum Gasteiger partial charge on any atom is -0.368 e. The summed E-state index contributed by atoms with van der Waals surface area (Å²) < 4.78 is 5.79. The largest absolute Gasteiger partial charge is 0.368 e. The van der Waals surface area contributed by atoms with Gasteiger partial charge >= 0.3 is 0 Å². The van der Waals surface area contributed by atoms with Gasteiger partial charge in [0.2, 0.25) is 5.91 Å². The summed E-state index contributed by atoms with van der Waals surface area (Å²) >= 11 is 0. The van der Waals surface area contributed by atoms with E-state index in [0.717, 1.165) is 45.3 Å². The number of likely N-dealkylation sites (tertiary alicyclic amines) is 1. The molecule has 19 heavy (non-hydrogen) atoms. The Bertz CT molecular complexity index is 269. The molecule has 0 unspecified atom stereocenters. The summed E-state index contributed by atoms with van der Waals surface area (Å²) in [7, 11) is 0. The quantitative estimate of drug-likeness (QED) is 0.800. The third-order valence-electron chi connectivity index (χ3n) is 4.26. The summed E-state index contributed by atoms with van der Waals surface area (Å²) in [6.45, 7) is 5.46. The van der Waals surface area contributed by atoms with Gasteiger partial charge in [0.25, 0.3) is 0 Å². The van der Waals surface area contributed by atoms with Crippen LogP contribution in [-0.2, 0) is 9.53 Å². The molecule has 4 heteroatoms. The number of hydrogen-bond acceptors (Lipinski definition) is 3. The van der Waals surface area contributed by atoms with E-state index in [1.54, 1.807) is 0 Å². The summed E-state index contributed by atoms with van der Waals surface area (Å²) in [6, 6.07) is 0.661. The normalized spacial score (nSPS) is 27.7. The molecule has 1 aliphatic heterocycles. The lowest BCUT2D eigenvalue weighted by atomic mass is 9.93. The predicted molar refractivity (Wildman–Crippen MR) is 76.1 cm³/mol. The fourth-order valence-corrected chi connectivity index (χ4v) is 3.03. The van der Waals surface area contributed by atoms with E-state index < -0.39 is 0 Å². The standard InChI is InChI=1S/C15H28N2O2/c1-2-9-16-13-5-7-14(8-6-13)19-12-15(18)17-10-3-4-11-17/h13-14,16H,2-12H2,1H3. The number of ether oxygens (including phenoxy) is 1. The molecule has 1 aliphatic carbocycles. The Balaban J connectivity index is 1.58. The summed E-state index contributed by atoms with van der Waals surface area (Å²) in [4.78, 5) is 13.8. The molecule has 1 amide bonds. The Morgan fingerprint density at radius 3 is 2.53 bits per heavy atom. The van der Waals surface area contributed by atoms with Crippen LogP contribution in [0.15, 0.2) is 0 Å². The second kappa shape index (κ2) is 7.85. The molecule has 4 nitrogen and oxygen atoms in total. The Hall–Kier alpha value is -0.610. The van der Waals surface area contributed by atoms with Crippen molar-refractivity contribution in [2.24, 2.45) is 0 Å². The second-order valence-electron chi connectivity index (χ2n) is 5.83. The highest BCUT2D eigenvalue weighted by Crippen LogP contribution is 2.21. The monoisotopic (exact) mass is 268 g/mol. The third kappa shape index (κ3) is 4.77. The van der Waals surface area contributed by atoms with E-state index in [-0.39, 0.29) is 12.5 Å². The van der Waals surface area contributed by atoms with Gasteiger partial charge in [-0.1, -0.05) is 6.92 Å². The van der Waals surface area contributed by atoms with E-state index in [0.29, 0.717) is 12.1 Å². The van der Waals surface area contributed by atoms with Crippen LogP contribution in [0.5, 0.6) is 0 Å². The molecule has 1 heterocycles. The number of amides is 1. The van der Waals surface area contributed by atoms with E-state index in [1.807, 2.05) is 4.90 Å². The van der Waals surface area contributed by atoms with Crippen LogP contribution in [0, 0.1) is 0 Å². The summed E-state index contributed by atoms with van der Waals surface area (Å²) in [6.07, 6.45) is 8.35. The predicted octanol–water partition coefficient (Wildman–Crippen LogP) is 1.94. The van der Waals surface area contributed by atoms with Crippen molar-refractivity contribution in [2.45, 2.75) is 64.0 Å². The van der Waals surface area contributed by atoms with Crippen molar-refractivity contribution in [2.75, 3.05) is 26.2 Å². The topological polar surface area (TPSA) is 41.6 Å². The Morgan fingerprint density at radius 1 is 1.21 bits per heavy atom. The SMILES string of the molecule is CCCNC1CCC(OCC(=O)N2CCCC2)CC1. The Morgan fingerprint density at radius 2 is 1.89 bits per heavy atom. The van der Waals surface area contributed by atoms with Crippen LogP contribution in [0.3, 0.4) is 0 Å². The van der Waals surface area contributed by atoms with Crippen molar-refractivity contribution in [1.82, 2.24) is 10.2 Å². The van der Waals surface area contributed by atoms with Gasteiger partial charge in [0.15, 0.2) is 0 Å². The van der Waals surface area contributed by atoms with E-state index in [9.17, 15) is 4.79 Å². The second-order valence-corrected chi connectivity index (χ2v) is 5.83.